The average molecular weight is 526 g/mol. The van der Waals surface area contributed by atoms with Crippen LogP contribution in [-0.4, -0.2) is 62.5 Å². The van der Waals surface area contributed by atoms with E-state index in [2.05, 4.69) is 63.7 Å². The van der Waals surface area contributed by atoms with Crippen LogP contribution in [0.25, 0.3) is 10.9 Å². The molecule has 1 atom stereocenters. The Hall–Kier alpha value is -1.26. The third kappa shape index (κ3) is 4.96. The van der Waals surface area contributed by atoms with E-state index in [0.717, 1.165) is 30.7 Å². The summed E-state index contributed by atoms with van der Waals surface area (Å²) in [5.41, 5.74) is 2.66. The van der Waals surface area contributed by atoms with Crippen molar-refractivity contribution in [1.82, 2.24) is 9.88 Å². The summed E-state index contributed by atoms with van der Waals surface area (Å²) in [6.07, 6.45) is 3.37. The Morgan fingerprint density at radius 2 is 2.03 bits per heavy atom. The minimum absolute atomic E-state index is 0.159. The van der Waals surface area contributed by atoms with Gasteiger partial charge in [0.25, 0.3) is 0 Å². The lowest BCUT2D eigenvalue weighted by Crippen LogP contribution is -2.54. The molecule has 1 aliphatic heterocycles. The van der Waals surface area contributed by atoms with Gasteiger partial charge in [-0.15, -0.1) is 0 Å². The van der Waals surface area contributed by atoms with Crippen LogP contribution < -0.4 is 0 Å². The van der Waals surface area contributed by atoms with Gasteiger partial charge in [0.15, 0.2) is 5.78 Å². The van der Waals surface area contributed by atoms with Crippen LogP contribution in [-0.2, 0) is 31.0 Å². The van der Waals surface area contributed by atoms with Gasteiger partial charge in [-0.1, -0.05) is 24.3 Å². The number of para-hydroxylation sites is 1. The van der Waals surface area contributed by atoms with Gasteiger partial charge in [0, 0.05) is 46.8 Å². The summed E-state index contributed by atoms with van der Waals surface area (Å²) in [6.45, 7) is 7.22. The van der Waals surface area contributed by atoms with E-state index in [1.807, 2.05) is 13.0 Å². The first-order chi connectivity index (χ1) is 14.5. The summed E-state index contributed by atoms with van der Waals surface area (Å²) < 4.78 is 17.0. The number of fused-ring (bicyclic) bond motifs is 3. The van der Waals surface area contributed by atoms with Crippen molar-refractivity contribution in [2.45, 2.75) is 32.2 Å². The number of Topliss-reactive ketones (excluding diaryl/α,β-unsaturated/α-hetero) is 1. The summed E-state index contributed by atoms with van der Waals surface area (Å²) in [7, 11) is 1.63. The fourth-order valence-electron chi connectivity index (χ4n) is 4.06. The van der Waals surface area contributed by atoms with E-state index in [1.165, 1.54) is 14.5 Å². The summed E-state index contributed by atoms with van der Waals surface area (Å²) in [5, 5.41) is 1.22. The quantitative estimate of drug-likeness (QED) is 0.271. The van der Waals surface area contributed by atoms with Crippen molar-refractivity contribution in [1.29, 1.82) is 0 Å². The van der Waals surface area contributed by atoms with Crippen molar-refractivity contribution in [3.05, 3.63) is 45.2 Å². The number of ether oxygens (including phenoxy) is 3. The van der Waals surface area contributed by atoms with Crippen LogP contribution in [0, 0.1) is 0 Å². The number of H-pyrrole nitrogens is 1. The SMILES string of the molecule is C/C=C(\I)CN1CCc2c([nH]c3ccccc23)[C@@]1(C)C(=O)CCOCOCCOC. The number of rotatable bonds is 11. The van der Waals surface area contributed by atoms with Crippen LogP contribution in [0.15, 0.2) is 33.9 Å². The molecule has 0 saturated carbocycles. The maximum Gasteiger partial charge on any atom is 0.161 e. The van der Waals surface area contributed by atoms with Gasteiger partial charge in [-0.25, -0.2) is 0 Å². The van der Waals surface area contributed by atoms with Crippen molar-refractivity contribution in [2.75, 3.05) is 46.8 Å². The second kappa shape index (κ2) is 10.9. The number of carbonyl (C=O) groups is 1. The predicted molar refractivity (Wildman–Crippen MR) is 127 cm³/mol. The number of allylic oxidation sites excluding steroid dienone is 1. The Morgan fingerprint density at radius 3 is 2.80 bits per heavy atom. The zero-order valence-corrected chi connectivity index (χ0v) is 20.2. The van der Waals surface area contributed by atoms with Crippen molar-refractivity contribution in [2.24, 2.45) is 0 Å². The van der Waals surface area contributed by atoms with Gasteiger partial charge in [0.1, 0.15) is 12.3 Å². The highest BCUT2D eigenvalue weighted by molar-refractivity contribution is 14.1. The van der Waals surface area contributed by atoms with Gasteiger partial charge in [-0.2, -0.15) is 0 Å². The molecule has 0 unspecified atom stereocenters. The molecular weight excluding hydrogens is 495 g/mol. The molecule has 30 heavy (non-hydrogen) atoms. The maximum atomic E-state index is 13.6. The van der Waals surface area contributed by atoms with E-state index < -0.39 is 5.54 Å². The number of aromatic amines is 1. The Bertz CT molecular complexity index is 894. The Kier molecular flexibility index (Phi) is 8.47. The molecule has 0 saturated heterocycles. The molecule has 2 heterocycles. The van der Waals surface area contributed by atoms with E-state index >= 15 is 0 Å². The van der Waals surface area contributed by atoms with Gasteiger partial charge in [-0.3, -0.25) is 9.69 Å². The summed E-state index contributed by atoms with van der Waals surface area (Å²) >= 11 is 2.36. The van der Waals surface area contributed by atoms with Gasteiger partial charge >= 0.3 is 0 Å². The Morgan fingerprint density at radius 1 is 1.27 bits per heavy atom. The summed E-state index contributed by atoms with van der Waals surface area (Å²) in [5.74, 6) is 0.159. The molecule has 6 nitrogen and oxygen atoms in total. The van der Waals surface area contributed by atoms with Crippen LogP contribution in [0.2, 0.25) is 0 Å². The number of methoxy groups -OCH3 is 1. The van der Waals surface area contributed by atoms with Crippen LogP contribution in [0.1, 0.15) is 31.5 Å². The zero-order chi connectivity index (χ0) is 21.6. The van der Waals surface area contributed by atoms with Gasteiger partial charge < -0.3 is 19.2 Å². The van der Waals surface area contributed by atoms with E-state index in [1.54, 1.807) is 7.11 Å². The topological polar surface area (TPSA) is 63.8 Å². The van der Waals surface area contributed by atoms with Gasteiger partial charge in [-0.05, 0) is 54.5 Å². The van der Waals surface area contributed by atoms with Crippen LogP contribution in [0.4, 0.5) is 0 Å². The van der Waals surface area contributed by atoms with Crippen LogP contribution in [0.5, 0.6) is 0 Å². The summed E-state index contributed by atoms with van der Waals surface area (Å²) in [6, 6.07) is 8.31. The molecule has 0 bridgehead atoms. The van der Waals surface area contributed by atoms with E-state index in [0.29, 0.717) is 26.2 Å². The lowest BCUT2D eigenvalue weighted by atomic mass is 9.81. The molecule has 0 amide bonds. The summed E-state index contributed by atoms with van der Waals surface area (Å²) in [4.78, 5) is 19.4. The smallest absolute Gasteiger partial charge is 0.161 e. The average Bonchev–Trinajstić information content (AvgIpc) is 3.14. The molecule has 164 valence electrons. The monoisotopic (exact) mass is 526 g/mol. The minimum atomic E-state index is -0.716. The van der Waals surface area contributed by atoms with Crippen LogP contribution in [0.3, 0.4) is 0 Å². The third-order valence-corrected chi connectivity index (χ3v) is 6.80. The molecule has 1 aliphatic rings. The second-order valence-electron chi connectivity index (χ2n) is 7.60. The number of benzene rings is 1. The van der Waals surface area contributed by atoms with Crippen LogP contribution >= 0.6 is 22.6 Å². The molecule has 1 N–H and O–H groups in total. The molecule has 0 spiro atoms. The highest BCUT2D eigenvalue weighted by Crippen LogP contribution is 2.40. The van der Waals surface area contributed by atoms with E-state index in [-0.39, 0.29) is 12.6 Å². The molecular formula is C23H31IN2O4. The number of aromatic nitrogens is 1. The fourth-order valence-corrected chi connectivity index (χ4v) is 4.47. The number of hydrogen-bond acceptors (Lipinski definition) is 5. The lowest BCUT2D eigenvalue weighted by molar-refractivity contribution is -0.134. The molecule has 1 aromatic heterocycles. The predicted octanol–water partition coefficient (Wildman–Crippen LogP) is 4.18. The number of ketones is 1. The number of nitrogens with zero attached hydrogens (tertiary/aromatic N) is 1. The molecule has 1 aromatic carbocycles. The highest BCUT2D eigenvalue weighted by Gasteiger charge is 2.46. The number of halogens is 1. The first-order valence-electron chi connectivity index (χ1n) is 10.4. The Labute approximate surface area is 192 Å². The number of nitrogens with one attached hydrogen (secondary N) is 1. The fraction of sp³-hybridized carbons (Fsp3) is 0.522. The highest BCUT2D eigenvalue weighted by atomic mass is 127. The molecule has 0 radical (unpaired) electrons. The van der Waals surface area contributed by atoms with Gasteiger partial charge in [0.2, 0.25) is 0 Å². The van der Waals surface area contributed by atoms with Crippen molar-refractivity contribution < 1.29 is 19.0 Å². The molecule has 0 fully saturated rings. The Balaban J connectivity index is 1.80. The maximum absolute atomic E-state index is 13.6. The van der Waals surface area contributed by atoms with E-state index in [4.69, 9.17) is 14.2 Å². The molecule has 7 heteroatoms. The minimum Gasteiger partial charge on any atom is -0.382 e. The second-order valence-corrected chi connectivity index (χ2v) is 8.99. The van der Waals surface area contributed by atoms with Crippen molar-refractivity contribution >= 4 is 39.3 Å². The van der Waals surface area contributed by atoms with Crippen molar-refractivity contribution in [3.63, 3.8) is 0 Å². The van der Waals surface area contributed by atoms with Gasteiger partial charge in [0.05, 0.1) is 19.8 Å². The molecule has 2 aromatic rings. The number of hydrogen-bond donors (Lipinski definition) is 1. The van der Waals surface area contributed by atoms with Crippen molar-refractivity contribution in [3.8, 4) is 0 Å². The lowest BCUT2D eigenvalue weighted by Gasteiger charge is -2.43. The normalized spacial score (nSPS) is 19.9. The number of carbonyl (C=O) groups excluding carboxylic acids is 1. The largest absolute Gasteiger partial charge is 0.382 e. The third-order valence-electron chi connectivity index (χ3n) is 5.83. The molecule has 3 rings (SSSR count). The standard InChI is InChI=1S/C23H31IN2O4/c1-4-17(24)15-26-11-9-19-18-7-5-6-8-20(18)25-22(19)23(26,2)21(27)10-12-29-16-30-14-13-28-3/h4-8,25H,9-16H2,1-3H3/b17-4-/t23-/m1/s1. The first-order valence-corrected chi connectivity index (χ1v) is 11.4. The molecule has 0 aliphatic carbocycles. The zero-order valence-electron chi connectivity index (χ0n) is 18.0. The first kappa shape index (κ1) is 23.4. The van der Waals surface area contributed by atoms with E-state index in [9.17, 15) is 4.79 Å².